The normalized spacial score (nSPS) is 10.5. The van der Waals surface area contributed by atoms with Crippen molar-refractivity contribution in [3.05, 3.63) is 78.5 Å². The maximum Gasteiger partial charge on any atom is 0.335 e. The summed E-state index contributed by atoms with van der Waals surface area (Å²) in [5.41, 5.74) is 4.82. The third-order valence-corrected chi connectivity index (χ3v) is 3.62. The molecule has 1 aromatic heterocycles. The lowest BCUT2D eigenvalue weighted by Crippen LogP contribution is -1.97. The molecule has 0 radical (unpaired) electrons. The molecule has 4 nitrogen and oxygen atoms in total. The van der Waals surface area contributed by atoms with Gasteiger partial charge in [-0.3, -0.25) is 0 Å². The van der Waals surface area contributed by atoms with Gasteiger partial charge in [0.2, 0.25) is 0 Å². The summed E-state index contributed by atoms with van der Waals surface area (Å²) in [6.45, 7) is 5.89. The molecule has 2 aromatic carbocycles. The van der Waals surface area contributed by atoms with E-state index in [0.29, 0.717) is 0 Å². The summed E-state index contributed by atoms with van der Waals surface area (Å²) >= 11 is 0. The summed E-state index contributed by atoms with van der Waals surface area (Å²) < 4.78 is 1.77. The lowest BCUT2D eigenvalue weighted by Gasteiger charge is -2.04. The molecule has 0 spiro atoms. The van der Waals surface area contributed by atoms with E-state index in [4.69, 9.17) is 5.11 Å². The van der Waals surface area contributed by atoms with E-state index < -0.39 is 5.97 Å². The van der Waals surface area contributed by atoms with Crippen LogP contribution in [0.25, 0.3) is 22.5 Å². The van der Waals surface area contributed by atoms with Crippen LogP contribution in [-0.4, -0.2) is 20.9 Å². The lowest BCUT2D eigenvalue weighted by molar-refractivity contribution is 0.0697. The zero-order chi connectivity index (χ0) is 16.4. The number of carboxylic acid groups (broad SMARTS) is 1. The van der Waals surface area contributed by atoms with E-state index in [1.807, 2.05) is 49.5 Å². The molecule has 4 heteroatoms. The van der Waals surface area contributed by atoms with Crippen molar-refractivity contribution in [2.75, 3.05) is 0 Å². The summed E-state index contributed by atoms with van der Waals surface area (Å²) in [5, 5.41) is 13.6. The Bertz CT molecular complexity index is 876. The number of hydrogen-bond donors (Lipinski definition) is 1. The monoisotopic (exact) mass is 304 g/mol. The first kappa shape index (κ1) is 14.8. The predicted molar refractivity (Wildman–Crippen MR) is 90.7 cm³/mol. The molecule has 0 aliphatic carbocycles. The Morgan fingerprint density at radius 1 is 1.09 bits per heavy atom. The smallest absolute Gasteiger partial charge is 0.335 e. The van der Waals surface area contributed by atoms with Gasteiger partial charge in [0, 0.05) is 11.8 Å². The molecule has 1 heterocycles. The van der Waals surface area contributed by atoms with Gasteiger partial charge in [-0.2, -0.15) is 5.10 Å². The standard InChI is InChI=1S/C19H16N2O2/c1-13(2)14-6-8-17(9-7-14)21-11-10-18(20-21)15-4-3-5-16(12-15)19(22)23/h3-12H,1H2,2H3,(H,22,23). The number of carbonyl (C=O) groups is 1. The highest BCUT2D eigenvalue weighted by Crippen LogP contribution is 2.21. The molecule has 1 N–H and O–H groups in total. The van der Waals surface area contributed by atoms with E-state index >= 15 is 0 Å². The highest BCUT2D eigenvalue weighted by molar-refractivity contribution is 5.89. The van der Waals surface area contributed by atoms with E-state index in [1.54, 1.807) is 22.9 Å². The zero-order valence-electron chi connectivity index (χ0n) is 12.7. The maximum absolute atomic E-state index is 11.1. The number of carboxylic acids is 1. The van der Waals surface area contributed by atoms with Gasteiger partial charge in [-0.15, -0.1) is 0 Å². The largest absolute Gasteiger partial charge is 0.478 e. The van der Waals surface area contributed by atoms with Crippen molar-refractivity contribution in [2.24, 2.45) is 0 Å². The van der Waals surface area contributed by atoms with E-state index in [1.165, 1.54) is 0 Å². The number of hydrogen-bond acceptors (Lipinski definition) is 2. The van der Waals surface area contributed by atoms with Crippen molar-refractivity contribution >= 4 is 11.5 Å². The van der Waals surface area contributed by atoms with E-state index in [2.05, 4.69) is 11.7 Å². The van der Waals surface area contributed by atoms with Gasteiger partial charge in [0.15, 0.2) is 0 Å². The molecule has 0 aliphatic heterocycles. The van der Waals surface area contributed by atoms with Crippen LogP contribution in [0.5, 0.6) is 0 Å². The van der Waals surface area contributed by atoms with Crippen LogP contribution in [0.1, 0.15) is 22.8 Å². The minimum Gasteiger partial charge on any atom is -0.478 e. The second kappa shape index (κ2) is 5.93. The highest BCUT2D eigenvalue weighted by atomic mass is 16.4. The molecule has 3 aromatic rings. The Balaban J connectivity index is 1.92. The topological polar surface area (TPSA) is 55.1 Å². The molecule has 114 valence electrons. The number of nitrogens with zero attached hydrogens (tertiary/aromatic N) is 2. The third-order valence-electron chi connectivity index (χ3n) is 3.62. The summed E-state index contributed by atoms with van der Waals surface area (Å²) in [6, 6.07) is 16.6. The van der Waals surface area contributed by atoms with Gasteiger partial charge in [0.05, 0.1) is 16.9 Å². The van der Waals surface area contributed by atoms with Crippen molar-refractivity contribution in [3.63, 3.8) is 0 Å². The van der Waals surface area contributed by atoms with E-state index in [9.17, 15) is 4.79 Å². The third kappa shape index (κ3) is 3.06. The van der Waals surface area contributed by atoms with Crippen LogP contribution < -0.4 is 0 Å². The molecule has 0 atom stereocenters. The summed E-state index contributed by atoms with van der Waals surface area (Å²) in [6.07, 6.45) is 1.86. The first-order valence-electron chi connectivity index (χ1n) is 7.20. The summed E-state index contributed by atoms with van der Waals surface area (Å²) in [4.78, 5) is 11.1. The average molecular weight is 304 g/mol. The second-order valence-electron chi connectivity index (χ2n) is 5.36. The summed E-state index contributed by atoms with van der Waals surface area (Å²) in [7, 11) is 0. The van der Waals surface area contributed by atoms with Gasteiger partial charge in [0.1, 0.15) is 0 Å². The lowest BCUT2D eigenvalue weighted by atomic mass is 10.1. The van der Waals surface area contributed by atoms with Crippen LogP contribution in [0.2, 0.25) is 0 Å². The highest BCUT2D eigenvalue weighted by Gasteiger charge is 2.08. The maximum atomic E-state index is 11.1. The molecule has 0 unspecified atom stereocenters. The summed E-state index contributed by atoms with van der Waals surface area (Å²) in [5.74, 6) is -0.943. The number of aromatic carboxylic acids is 1. The Labute approximate surface area is 134 Å². The number of aromatic nitrogens is 2. The van der Waals surface area contributed by atoms with Gasteiger partial charge in [0.25, 0.3) is 0 Å². The van der Waals surface area contributed by atoms with Crippen LogP contribution in [0, 0.1) is 0 Å². The first-order valence-corrected chi connectivity index (χ1v) is 7.20. The molecule has 0 aliphatic rings. The quantitative estimate of drug-likeness (QED) is 0.783. The fraction of sp³-hybridized carbons (Fsp3) is 0.0526. The van der Waals surface area contributed by atoms with Gasteiger partial charge in [-0.05, 0) is 42.8 Å². The van der Waals surface area contributed by atoms with Gasteiger partial charge in [-0.1, -0.05) is 36.4 Å². The van der Waals surface area contributed by atoms with Crippen molar-refractivity contribution in [1.29, 1.82) is 0 Å². The van der Waals surface area contributed by atoms with Gasteiger partial charge >= 0.3 is 5.97 Å². The van der Waals surface area contributed by atoms with Gasteiger partial charge in [-0.25, -0.2) is 9.48 Å². The Morgan fingerprint density at radius 3 is 2.48 bits per heavy atom. The van der Waals surface area contributed by atoms with Crippen LogP contribution in [0.3, 0.4) is 0 Å². The Kier molecular flexibility index (Phi) is 3.81. The minimum absolute atomic E-state index is 0.253. The molecular formula is C19H16N2O2. The molecule has 0 saturated carbocycles. The first-order chi connectivity index (χ1) is 11.0. The molecule has 23 heavy (non-hydrogen) atoms. The zero-order valence-corrected chi connectivity index (χ0v) is 12.7. The van der Waals surface area contributed by atoms with Crippen molar-refractivity contribution in [1.82, 2.24) is 9.78 Å². The molecule has 0 amide bonds. The van der Waals surface area contributed by atoms with Crippen molar-refractivity contribution < 1.29 is 9.90 Å². The van der Waals surface area contributed by atoms with E-state index in [0.717, 1.165) is 28.1 Å². The van der Waals surface area contributed by atoms with Crippen LogP contribution >= 0.6 is 0 Å². The Hall–Kier alpha value is -3.14. The van der Waals surface area contributed by atoms with Crippen LogP contribution in [-0.2, 0) is 0 Å². The van der Waals surface area contributed by atoms with Crippen LogP contribution in [0.4, 0.5) is 0 Å². The molecule has 0 saturated heterocycles. The fourth-order valence-electron chi connectivity index (χ4n) is 2.33. The van der Waals surface area contributed by atoms with E-state index in [-0.39, 0.29) is 5.56 Å². The number of benzene rings is 2. The van der Waals surface area contributed by atoms with Crippen LogP contribution in [0.15, 0.2) is 67.4 Å². The molecule has 3 rings (SSSR count). The molecular weight excluding hydrogens is 288 g/mol. The Morgan fingerprint density at radius 2 is 1.83 bits per heavy atom. The minimum atomic E-state index is -0.943. The average Bonchev–Trinajstić information content (AvgIpc) is 3.05. The van der Waals surface area contributed by atoms with Crippen molar-refractivity contribution in [2.45, 2.75) is 6.92 Å². The van der Waals surface area contributed by atoms with Crippen molar-refractivity contribution in [3.8, 4) is 16.9 Å². The second-order valence-corrected chi connectivity index (χ2v) is 5.36. The fourth-order valence-corrected chi connectivity index (χ4v) is 2.33. The number of rotatable bonds is 4. The molecule has 0 fully saturated rings. The van der Waals surface area contributed by atoms with Gasteiger partial charge < -0.3 is 5.11 Å². The predicted octanol–water partition coefficient (Wildman–Crippen LogP) is 4.27. The SMILES string of the molecule is C=C(C)c1ccc(-n2ccc(-c3cccc(C(=O)O)c3)n2)cc1. The number of allylic oxidation sites excluding steroid dienone is 1. The molecule has 0 bridgehead atoms.